The molecule has 2 rings (SSSR count). The van der Waals surface area contributed by atoms with Crippen LogP contribution in [0.15, 0.2) is 0 Å². The van der Waals surface area contributed by atoms with Gasteiger partial charge in [0.05, 0.1) is 5.25 Å². The van der Waals surface area contributed by atoms with E-state index in [1.165, 1.54) is 32.1 Å². The number of carbonyl (C=O) groups excluding carboxylic acids is 1. The molecule has 17 heavy (non-hydrogen) atoms. The average molecular weight is 276 g/mol. The van der Waals surface area contributed by atoms with E-state index in [9.17, 15) is 4.79 Å². The van der Waals surface area contributed by atoms with Gasteiger partial charge in [0, 0.05) is 12.4 Å². The van der Waals surface area contributed by atoms with Gasteiger partial charge < -0.3 is 5.32 Å². The summed E-state index contributed by atoms with van der Waals surface area (Å²) in [7, 11) is 0. The van der Waals surface area contributed by atoms with Crippen molar-refractivity contribution in [1.29, 1.82) is 0 Å². The summed E-state index contributed by atoms with van der Waals surface area (Å²) in [5.74, 6) is 3.39. The van der Waals surface area contributed by atoms with Gasteiger partial charge in [0.25, 0.3) is 0 Å². The highest BCUT2D eigenvalue weighted by Gasteiger charge is 2.28. The Labute approximate surface area is 113 Å². The normalized spacial score (nSPS) is 33.6. The van der Waals surface area contributed by atoms with Gasteiger partial charge in [0.15, 0.2) is 0 Å². The fourth-order valence-electron chi connectivity index (χ4n) is 2.88. The van der Waals surface area contributed by atoms with Crippen molar-refractivity contribution in [3.8, 4) is 0 Å². The van der Waals surface area contributed by atoms with Gasteiger partial charge in [-0.15, -0.1) is 23.4 Å². The number of carbonyl (C=O) groups is 1. The molecule has 1 aliphatic carbocycles. The summed E-state index contributed by atoms with van der Waals surface area (Å²) in [5.41, 5.74) is 0. The molecule has 1 saturated heterocycles. The third-order valence-electron chi connectivity index (χ3n) is 4.03. The molecule has 2 nitrogen and oxygen atoms in total. The molecule has 0 aromatic carbocycles. The first-order valence-electron chi connectivity index (χ1n) is 6.76. The van der Waals surface area contributed by atoms with E-state index in [-0.39, 0.29) is 11.2 Å². The van der Waals surface area contributed by atoms with Crippen molar-refractivity contribution >= 4 is 29.3 Å². The maximum atomic E-state index is 12.0. The lowest BCUT2D eigenvalue weighted by atomic mass is 9.98. The second kappa shape index (κ2) is 6.89. The minimum Gasteiger partial charge on any atom is -0.355 e. The van der Waals surface area contributed by atoms with E-state index < -0.39 is 0 Å². The Bertz CT molecular complexity index is 256. The van der Waals surface area contributed by atoms with E-state index in [4.69, 9.17) is 11.6 Å². The van der Waals surface area contributed by atoms with Crippen LogP contribution in [0.5, 0.6) is 0 Å². The Morgan fingerprint density at radius 2 is 2.00 bits per heavy atom. The van der Waals surface area contributed by atoms with Crippen LogP contribution in [0.1, 0.15) is 38.5 Å². The molecule has 1 aliphatic heterocycles. The zero-order valence-electron chi connectivity index (χ0n) is 10.3. The van der Waals surface area contributed by atoms with Crippen LogP contribution < -0.4 is 5.32 Å². The predicted octanol–water partition coefficient (Wildman–Crippen LogP) is 3.04. The molecule has 2 aliphatic rings. The van der Waals surface area contributed by atoms with E-state index >= 15 is 0 Å². The number of thioether (sulfide) groups is 1. The molecule has 3 atom stereocenters. The van der Waals surface area contributed by atoms with Crippen LogP contribution in [0.2, 0.25) is 0 Å². The lowest BCUT2D eigenvalue weighted by Gasteiger charge is -2.23. The van der Waals surface area contributed by atoms with Gasteiger partial charge in [0.1, 0.15) is 0 Å². The zero-order valence-corrected chi connectivity index (χ0v) is 11.9. The number of rotatable bonds is 4. The molecule has 1 N–H and O–H groups in total. The Balaban J connectivity index is 1.71. The monoisotopic (exact) mass is 275 g/mol. The van der Waals surface area contributed by atoms with E-state index in [0.717, 1.165) is 24.6 Å². The van der Waals surface area contributed by atoms with Crippen LogP contribution in [-0.4, -0.2) is 29.3 Å². The Morgan fingerprint density at radius 1 is 1.18 bits per heavy atom. The largest absolute Gasteiger partial charge is 0.355 e. The molecule has 0 radical (unpaired) electrons. The maximum Gasteiger partial charge on any atom is 0.233 e. The summed E-state index contributed by atoms with van der Waals surface area (Å²) >= 11 is 7.77. The molecule has 3 unspecified atom stereocenters. The minimum atomic E-state index is 0.208. The van der Waals surface area contributed by atoms with Crippen molar-refractivity contribution < 1.29 is 4.79 Å². The topological polar surface area (TPSA) is 29.1 Å². The predicted molar refractivity (Wildman–Crippen MR) is 74.7 cm³/mol. The van der Waals surface area contributed by atoms with Gasteiger partial charge in [0.2, 0.25) is 5.91 Å². The molecule has 4 heteroatoms. The highest BCUT2D eigenvalue weighted by atomic mass is 35.5. The first-order valence-corrected chi connectivity index (χ1v) is 8.35. The van der Waals surface area contributed by atoms with Crippen LogP contribution in [-0.2, 0) is 4.79 Å². The van der Waals surface area contributed by atoms with Gasteiger partial charge in [-0.25, -0.2) is 0 Å². The number of amides is 1. The standard InChI is InChI=1S/C13H22ClNOS/c14-8-10-4-3-5-11(10)9-15-13(16)12-6-1-2-7-17-12/h10-12H,1-9H2,(H,15,16). The Kier molecular flexibility index (Phi) is 5.49. The number of hydrogen-bond donors (Lipinski definition) is 1. The fraction of sp³-hybridized carbons (Fsp3) is 0.923. The van der Waals surface area contributed by atoms with Crippen molar-refractivity contribution in [2.75, 3.05) is 18.2 Å². The second-order valence-electron chi connectivity index (χ2n) is 5.21. The van der Waals surface area contributed by atoms with Crippen molar-refractivity contribution in [2.45, 2.75) is 43.8 Å². The summed E-state index contributed by atoms with van der Waals surface area (Å²) in [6.07, 6.45) is 7.28. The number of halogens is 1. The summed E-state index contributed by atoms with van der Waals surface area (Å²) < 4.78 is 0. The van der Waals surface area contributed by atoms with E-state index in [1.54, 1.807) is 0 Å². The molecule has 0 spiro atoms. The molecule has 98 valence electrons. The van der Waals surface area contributed by atoms with Gasteiger partial charge in [-0.05, 0) is 43.3 Å². The lowest BCUT2D eigenvalue weighted by Crippen LogP contribution is -2.38. The Morgan fingerprint density at radius 3 is 2.71 bits per heavy atom. The zero-order chi connectivity index (χ0) is 12.1. The summed E-state index contributed by atoms with van der Waals surface area (Å²) in [6, 6.07) is 0. The number of alkyl halides is 1. The SMILES string of the molecule is O=C(NCC1CCCC1CCl)C1CCCCS1. The van der Waals surface area contributed by atoms with Crippen LogP contribution in [0.3, 0.4) is 0 Å². The van der Waals surface area contributed by atoms with E-state index in [0.29, 0.717) is 11.8 Å². The summed E-state index contributed by atoms with van der Waals surface area (Å²) in [5, 5.41) is 3.35. The summed E-state index contributed by atoms with van der Waals surface area (Å²) in [6.45, 7) is 0.841. The first kappa shape index (κ1) is 13.5. The van der Waals surface area contributed by atoms with Crippen molar-refractivity contribution in [3.63, 3.8) is 0 Å². The third-order valence-corrected chi connectivity index (χ3v) is 5.80. The molecule has 2 fully saturated rings. The van der Waals surface area contributed by atoms with Crippen LogP contribution >= 0.6 is 23.4 Å². The summed E-state index contributed by atoms with van der Waals surface area (Å²) in [4.78, 5) is 12.0. The van der Waals surface area contributed by atoms with Gasteiger partial charge in [-0.2, -0.15) is 0 Å². The smallest absolute Gasteiger partial charge is 0.233 e. The molecule has 0 aromatic heterocycles. The van der Waals surface area contributed by atoms with E-state index in [1.807, 2.05) is 11.8 Å². The fourth-order valence-corrected chi connectivity index (χ4v) is 4.51. The quantitative estimate of drug-likeness (QED) is 0.799. The average Bonchev–Trinajstić information content (AvgIpc) is 2.84. The molecule has 1 heterocycles. The molecular formula is C13H22ClNOS. The van der Waals surface area contributed by atoms with Crippen molar-refractivity contribution in [2.24, 2.45) is 11.8 Å². The Hall–Kier alpha value is 0.110. The van der Waals surface area contributed by atoms with Crippen LogP contribution in [0.25, 0.3) is 0 Å². The number of nitrogens with one attached hydrogen (secondary N) is 1. The first-order chi connectivity index (χ1) is 8.31. The molecule has 1 amide bonds. The van der Waals surface area contributed by atoms with Gasteiger partial charge >= 0.3 is 0 Å². The second-order valence-corrected chi connectivity index (χ2v) is 6.82. The third kappa shape index (κ3) is 3.78. The van der Waals surface area contributed by atoms with Crippen LogP contribution in [0, 0.1) is 11.8 Å². The highest BCUT2D eigenvalue weighted by molar-refractivity contribution is 8.00. The van der Waals surface area contributed by atoms with Crippen molar-refractivity contribution in [1.82, 2.24) is 5.32 Å². The highest BCUT2D eigenvalue weighted by Crippen LogP contribution is 2.32. The molecule has 0 bridgehead atoms. The number of hydrogen-bond acceptors (Lipinski definition) is 2. The lowest BCUT2D eigenvalue weighted by molar-refractivity contribution is -0.120. The van der Waals surface area contributed by atoms with Crippen molar-refractivity contribution in [3.05, 3.63) is 0 Å². The maximum absolute atomic E-state index is 12.0. The van der Waals surface area contributed by atoms with Gasteiger partial charge in [-0.3, -0.25) is 4.79 Å². The minimum absolute atomic E-state index is 0.208. The van der Waals surface area contributed by atoms with E-state index in [2.05, 4.69) is 5.32 Å². The molecule has 0 aromatic rings. The molecular weight excluding hydrogens is 254 g/mol. The van der Waals surface area contributed by atoms with Gasteiger partial charge in [-0.1, -0.05) is 12.8 Å². The molecule has 1 saturated carbocycles. The van der Waals surface area contributed by atoms with Crippen LogP contribution in [0.4, 0.5) is 0 Å².